The van der Waals surface area contributed by atoms with Crippen LogP contribution in [0.2, 0.25) is 0 Å². The van der Waals surface area contributed by atoms with Gasteiger partial charge in [0.1, 0.15) is 12.1 Å². The van der Waals surface area contributed by atoms with Crippen LogP contribution in [0.25, 0.3) is 5.78 Å². The van der Waals surface area contributed by atoms with Crippen LogP contribution in [0.3, 0.4) is 0 Å². The van der Waals surface area contributed by atoms with Gasteiger partial charge in [-0.25, -0.2) is 4.98 Å². The van der Waals surface area contributed by atoms with Crippen LogP contribution in [0.5, 0.6) is 0 Å². The number of fused-ring (bicyclic) bond motifs is 1. The Kier molecular flexibility index (Phi) is 3.36. The van der Waals surface area contributed by atoms with Crippen LogP contribution in [0.1, 0.15) is 44.7 Å². The second kappa shape index (κ2) is 5.15. The predicted molar refractivity (Wildman–Crippen MR) is 75.4 cm³/mol. The molecule has 19 heavy (non-hydrogen) atoms. The standard InChI is InChI=1S/C14H21N5/c1-3-18(12-7-5-4-6-8-12)13-9-11(2)17-14-15-10-16-19(13)14/h9-10,12H,3-8H2,1-2H3. The lowest BCUT2D eigenvalue weighted by atomic mass is 9.94. The summed E-state index contributed by atoms with van der Waals surface area (Å²) in [5, 5.41) is 4.32. The van der Waals surface area contributed by atoms with Crippen molar-refractivity contribution in [3.63, 3.8) is 0 Å². The molecule has 2 aromatic heterocycles. The molecule has 102 valence electrons. The molecule has 1 aliphatic carbocycles. The Bertz CT molecular complexity index is 556. The summed E-state index contributed by atoms with van der Waals surface area (Å²) in [4.78, 5) is 11.1. The molecular weight excluding hydrogens is 238 g/mol. The fourth-order valence-corrected chi connectivity index (χ4v) is 3.12. The summed E-state index contributed by atoms with van der Waals surface area (Å²) >= 11 is 0. The number of aryl methyl sites for hydroxylation is 1. The smallest absolute Gasteiger partial charge is 0.254 e. The van der Waals surface area contributed by atoms with E-state index in [2.05, 4.69) is 33.0 Å². The Morgan fingerprint density at radius 2 is 2.11 bits per heavy atom. The van der Waals surface area contributed by atoms with Gasteiger partial charge in [-0.05, 0) is 26.7 Å². The monoisotopic (exact) mass is 259 g/mol. The van der Waals surface area contributed by atoms with E-state index in [9.17, 15) is 0 Å². The molecule has 0 amide bonds. The van der Waals surface area contributed by atoms with Crippen molar-refractivity contribution >= 4 is 11.6 Å². The summed E-state index contributed by atoms with van der Waals surface area (Å²) in [6, 6.07) is 2.76. The van der Waals surface area contributed by atoms with Gasteiger partial charge in [-0.15, -0.1) is 0 Å². The van der Waals surface area contributed by atoms with Crippen LogP contribution in [0, 0.1) is 6.92 Å². The van der Waals surface area contributed by atoms with Crippen LogP contribution in [0.15, 0.2) is 12.4 Å². The van der Waals surface area contributed by atoms with Gasteiger partial charge in [-0.2, -0.15) is 14.6 Å². The van der Waals surface area contributed by atoms with Gasteiger partial charge in [0.05, 0.1) is 0 Å². The summed E-state index contributed by atoms with van der Waals surface area (Å²) in [5.74, 6) is 1.83. The molecule has 0 atom stereocenters. The van der Waals surface area contributed by atoms with E-state index in [4.69, 9.17) is 0 Å². The van der Waals surface area contributed by atoms with Crippen LogP contribution < -0.4 is 4.90 Å². The highest BCUT2D eigenvalue weighted by Crippen LogP contribution is 2.27. The van der Waals surface area contributed by atoms with Gasteiger partial charge in [-0.3, -0.25) is 0 Å². The normalized spacial score (nSPS) is 16.9. The molecule has 1 fully saturated rings. The minimum Gasteiger partial charge on any atom is -0.354 e. The maximum Gasteiger partial charge on any atom is 0.254 e. The van der Waals surface area contributed by atoms with E-state index >= 15 is 0 Å². The van der Waals surface area contributed by atoms with Crippen molar-refractivity contribution in [1.29, 1.82) is 0 Å². The predicted octanol–water partition coefficient (Wildman–Crippen LogP) is 2.59. The first-order chi connectivity index (χ1) is 9.29. The number of hydrogen-bond acceptors (Lipinski definition) is 4. The van der Waals surface area contributed by atoms with Gasteiger partial charge in [0, 0.05) is 24.3 Å². The topological polar surface area (TPSA) is 46.3 Å². The first-order valence-electron chi connectivity index (χ1n) is 7.23. The van der Waals surface area contributed by atoms with Crippen molar-refractivity contribution in [2.75, 3.05) is 11.4 Å². The molecule has 0 aromatic carbocycles. The Morgan fingerprint density at radius 1 is 1.32 bits per heavy atom. The highest BCUT2D eigenvalue weighted by atomic mass is 15.4. The van der Waals surface area contributed by atoms with Gasteiger partial charge in [0.15, 0.2) is 0 Å². The number of aromatic nitrogens is 4. The number of anilines is 1. The maximum absolute atomic E-state index is 4.42. The highest BCUT2D eigenvalue weighted by molar-refractivity contribution is 5.48. The Morgan fingerprint density at radius 3 is 2.84 bits per heavy atom. The molecule has 2 aromatic rings. The minimum atomic E-state index is 0.632. The summed E-state index contributed by atoms with van der Waals surface area (Å²) < 4.78 is 1.87. The summed E-state index contributed by atoms with van der Waals surface area (Å²) in [6.07, 6.45) is 8.20. The van der Waals surface area contributed by atoms with Crippen molar-refractivity contribution in [2.24, 2.45) is 0 Å². The Balaban J connectivity index is 2.02. The largest absolute Gasteiger partial charge is 0.354 e. The van der Waals surface area contributed by atoms with Gasteiger partial charge in [-0.1, -0.05) is 19.3 Å². The molecule has 0 saturated heterocycles. The molecule has 1 aliphatic rings. The van der Waals surface area contributed by atoms with Crippen LogP contribution in [-0.4, -0.2) is 32.2 Å². The molecule has 0 unspecified atom stereocenters. The van der Waals surface area contributed by atoms with Crippen LogP contribution in [-0.2, 0) is 0 Å². The molecule has 5 heteroatoms. The molecule has 3 rings (SSSR count). The molecule has 5 nitrogen and oxygen atoms in total. The number of nitrogens with zero attached hydrogens (tertiary/aromatic N) is 5. The van der Waals surface area contributed by atoms with E-state index in [1.54, 1.807) is 6.33 Å². The first-order valence-corrected chi connectivity index (χ1v) is 7.23. The molecule has 0 spiro atoms. The third kappa shape index (κ3) is 2.29. The average Bonchev–Trinajstić information content (AvgIpc) is 2.89. The first kappa shape index (κ1) is 12.4. The second-order valence-electron chi connectivity index (χ2n) is 5.31. The molecule has 0 bridgehead atoms. The Hall–Kier alpha value is -1.65. The SMILES string of the molecule is CCN(c1cc(C)nc2ncnn12)C1CCCCC1. The van der Waals surface area contributed by atoms with Crippen molar-refractivity contribution in [3.05, 3.63) is 18.1 Å². The molecular formula is C14H21N5. The zero-order valence-corrected chi connectivity index (χ0v) is 11.7. The van der Waals surface area contributed by atoms with Gasteiger partial charge in [0.2, 0.25) is 0 Å². The summed E-state index contributed by atoms with van der Waals surface area (Å²) in [5.41, 5.74) is 1.00. The summed E-state index contributed by atoms with van der Waals surface area (Å²) in [6.45, 7) is 5.24. The quantitative estimate of drug-likeness (QED) is 0.850. The van der Waals surface area contributed by atoms with E-state index in [1.165, 1.54) is 32.1 Å². The lowest BCUT2D eigenvalue weighted by molar-refractivity contribution is 0.414. The number of hydrogen-bond donors (Lipinski definition) is 0. The van der Waals surface area contributed by atoms with E-state index in [0.717, 1.165) is 18.1 Å². The van der Waals surface area contributed by atoms with Crippen molar-refractivity contribution < 1.29 is 0 Å². The molecule has 0 aliphatic heterocycles. The zero-order chi connectivity index (χ0) is 13.2. The van der Waals surface area contributed by atoms with E-state index in [0.29, 0.717) is 11.8 Å². The zero-order valence-electron chi connectivity index (χ0n) is 11.7. The second-order valence-corrected chi connectivity index (χ2v) is 5.31. The highest BCUT2D eigenvalue weighted by Gasteiger charge is 2.22. The van der Waals surface area contributed by atoms with Crippen LogP contribution in [0.4, 0.5) is 5.82 Å². The van der Waals surface area contributed by atoms with Gasteiger partial charge in [0.25, 0.3) is 5.78 Å². The van der Waals surface area contributed by atoms with E-state index < -0.39 is 0 Å². The van der Waals surface area contributed by atoms with E-state index in [-0.39, 0.29) is 0 Å². The van der Waals surface area contributed by atoms with Gasteiger partial charge < -0.3 is 4.90 Å². The third-order valence-corrected chi connectivity index (χ3v) is 4.01. The van der Waals surface area contributed by atoms with Crippen molar-refractivity contribution in [2.45, 2.75) is 52.0 Å². The van der Waals surface area contributed by atoms with Crippen LogP contribution >= 0.6 is 0 Å². The molecule has 2 heterocycles. The average molecular weight is 259 g/mol. The Labute approximate surface area is 113 Å². The molecule has 1 saturated carbocycles. The minimum absolute atomic E-state index is 0.632. The lowest BCUT2D eigenvalue weighted by Crippen LogP contribution is -2.38. The number of rotatable bonds is 3. The fraction of sp³-hybridized carbons (Fsp3) is 0.643. The van der Waals surface area contributed by atoms with E-state index in [1.807, 2.05) is 11.4 Å². The maximum atomic E-state index is 4.42. The van der Waals surface area contributed by atoms with Crippen molar-refractivity contribution in [1.82, 2.24) is 19.6 Å². The van der Waals surface area contributed by atoms with Gasteiger partial charge >= 0.3 is 0 Å². The van der Waals surface area contributed by atoms with Crippen molar-refractivity contribution in [3.8, 4) is 0 Å². The lowest BCUT2D eigenvalue weighted by Gasteiger charge is -2.35. The molecule has 0 N–H and O–H groups in total. The fourth-order valence-electron chi connectivity index (χ4n) is 3.12. The third-order valence-electron chi connectivity index (χ3n) is 4.01. The molecule has 0 radical (unpaired) electrons. The summed E-state index contributed by atoms with van der Waals surface area (Å²) in [7, 11) is 0.